The van der Waals surface area contributed by atoms with Crippen molar-refractivity contribution in [1.82, 2.24) is 10.6 Å². The van der Waals surface area contributed by atoms with Crippen LogP contribution in [-0.4, -0.2) is 71.0 Å². The fourth-order valence-electron chi connectivity index (χ4n) is 6.10. The maximum Gasteiger partial charge on any atom is 0.340 e. The summed E-state index contributed by atoms with van der Waals surface area (Å²) in [6.45, 7) is 1.94. The largest absolute Gasteiger partial charge is 0.497 e. The number of nitrogens with zero attached hydrogens (tertiary/aromatic N) is 1. The molecule has 3 aliphatic rings. The first kappa shape index (κ1) is 35.0. The summed E-state index contributed by atoms with van der Waals surface area (Å²) in [5.74, 6) is -0.0546. The van der Waals surface area contributed by atoms with Crippen LogP contribution in [0.3, 0.4) is 0 Å². The topological polar surface area (TPSA) is 143 Å². The van der Waals surface area contributed by atoms with Gasteiger partial charge in [0.25, 0.3) is 5.91 Å². The summed E-state index contributed by atoms with van der Waals surface area (Å²) >= 11 is 1.53. The van der Waals surface area contributed by atoms with E-state index >= 15 is 0 Å². The van der Waals surface area contributed by atoms with Crippen LogP contribution in [0.5, 0.6) is 5.75 Å². The van der Waals surface area contributed by atoms with E-state index in [-0.39, 0.29) is 11.9 Å². The van der Waals surface area contributed by atoms with Crippen molar-refractivity contribution in [3.8, 4) is 5.75 Å². The van der Waals surface area contributed by atoms with Crippen molar-refractivity contribution in [2.24, 2.45) is 4.99 Å². The SMILES string of the molecule is COc1ccc(C2=NC3(CCCCC3)C(=O)O2)cc1.CSCC[C@H](NC(=O)C1(NC(=O)c2ccc(C)cc2)CCCCC1)C(=O)O. The maximum atomic E-state index is 13.0. The number of carbonyl (C=O) groups is 4. The molecule has 1 heterocycles. The summed E-state index contributed by atoms with van der Waals surface area (Å²) in [7, 11) is 1.62. The standard InChI is InChI=1S/C20H28N2O4S.C15H17NO3/c1-14-6-8-15(9-7-14)17(23)22-20(11-4-3-5-12-20)19(26)21-16(18(24)25)10-13-27-2;1-18-12-7-5-11(6-8-12)13-16-15(14(17)19-13)9-3-2-4-10-15/h6-9,16H,3-5,10-13H2,1-2H3,(H,21,26)(H,22,23)(H,24,25);5-8H,2-4,9-10H2,1H3/t16-;/m0./s1. The minimum absolute atomic E-state index is 0.182. The van der Waals surface area contributed by atoms with Crippen molar-refractivity contribution >= 4 is 41.4 Å². The zero-order valence-electron chi connectivity index (χ0n) is 26.9. The van der Waals surface area contributed by atoms with Gasteiger partial charge in [0.15, 0.2) is 5.54 Å². The third-order valence-corrected chi connectivity index (χ3v) is 9.57. The average molecular weight is 652 g/mol. The number of nitrogens with one attached hydrogen (secondary N) is 2. The molecule has 2 aliphatic carbocycles. The van der Waals surface area contributed by atoms with Gasteiger partial charge in [-0.1, -0.05) is 56.2 Å². The van der Waals surface area contributed by atoms with Gasteiger partial charge in [-0.05, 0) is 87.4 Å². The van der Waals surface area contributed by atoms with E-state index in [0.29, 0.717) is 36.5 Å². The van der Waals surface area contributed by atoms with Gasteiger partial charge in [-0.2, -0.15) is 11.8 Å². The number of ether oxygens (including phenoxy) is 2. The molecule has 0 bridgehead atoms. The van der Waals surface area contributed by atoms with Crippen molar-refractivity contribution in [3.63, 3.8) is 0 Å². The molecule has 0 unspecified atom stereocenters. The summed E-state index contributed by atoms with van der Waals surface area (Å²) in [6, 6.07) is 13.7. The molecule has 2 amide bonds. The number of carboxylic acids is 1. The van der Waals surface area contributed by atoms with E-state index in [4.69, 9.17) is 9.47 Å². The Morgan fingerprint density at radius 3 is 2.13 bits per heavy atom. The molecule has 2 saturated carbocycles. The van der Waals surface area contributed by atoms with Crippen LogP contribution >= 0.6 is 11.8 Å². The Bertz CT molecular complexity index is 1400. The predicted molar refractivity (Wildman–Crippen MR) is 178 cm³/mol. The van der Waals surface area contributed by atoms with Crippen molar-refractivity contribution in [1.29, 1.82) is 0 Å². The number of aliphatic imine (C=N–C) groups is 1. The van der Waals surface area contributed by atoms with Gasteiger partial charge in [0.05, 0.1) is 7.11 Å². The van der Waals surface area contributed by atoms with Gasteiger partial charge in [-0.3, -0.25) is 9.59 Å². The summed E-state index contributed by atoms with van der Waals surface area (Å²) in [5, 5.41) is 15.0. The number of cyclic esters (lactones) is 1. The van der Waals surface area contributed by atoms with Crippen LogP contribution in [0.4, 0.5) is 0 Å². The zero-order chi connectivity index (χ0) is 33.2. The van der Waals surface area contributed by atoms with Crippen molar-refractivity contribution in [2.75, 3.05) is 19.1 Å². The van der Waals surface area contributed by atoms with Gasteiger partial charge in [0.2, 0.25) is 11.8 Å². The third kappa shape index (κ3) is 8.69. The van der Waals surface area contributed by atoms with Crippen molar-refractivity contribution in [3.05, 3.63) is 65.2 Å². The molecule has 0 radical (unpaired) electrons. The smallest absolute Gasteiger partial charge is 0.340 e. The van der Waals surface area contributed by atoms with Crippen LogP contribution < -0.4 is 15.4 Å². The molecule has 1 spiro atoms. The number of thioether (sulfide) groups is 1. The Hall–Kier alpha value is -3.86. The number of carboxylic acid groups (broad SMARTS) is 1. The second kappa shape index (κ2) is 16.1. The summed E-state index contributed by atoms with van der Waals surface area (Å²) in [5.41, 5.74) is 0.725. The minimum Gasteiger partial charge on any atom is -0.497 e. The van der Waals surface area contributed by atoms with Gasteiger partial charge in [0, 0.05) is 11.1 Å². The Kier molecular flexibility index (Phi) is 12.3. The average Bonchev–Trinajstić information content (AvgIpc) is 3.38. The quantitative estimate of drug-likeness (QED) is 0.288. The number of carbonyl (C=O) groups excluding carboxylic acids is 3. The Morgan fingerprint density at radius 2 is 1.57 bits per heavy atom. The summed E-state index contributed by atoms with van der Waals surface area (Å²) in [4.78, 5) is 53.9. The number of esters is 1. The van der Waals surface area contributed by atoms with Crippen LogP contribution in [0, 0.1) is 6.92 Å². The first-order valence-corrected chi connectivity index (χ1v) is 17.4. The maximum absolute atomic E-state index is 13.0. The number of rotatable bonds is 10. The highest BCUT2D eigenvalue weighted by Crippen LogP contribution is 2.37. The molecule has 5 rings (SSSR count). The number of methoxy groups -OCH3 is 1. The summed E-state index contributed by atoms with van der Waals surface area (Å²) < 4.78 is 10.5. The lowest BCUT2D eigenvalue weighted by Crippen LogP contribution is -2.62. The zero-order valence-corrected chi connectivity index (χ0v) is 27.8. The Labute approximate surface area is 275 Å². The minimum atomic E-state index is -1.05. The highest BCUT2D eigenvalue weighted by molar-refractivity contribution is 7.98. The lowest BCUT2D eigenvalue weighted by molar-refractivity contribution is -0.143. The Balaban J connectivity index is 0.000000221. The molecule has 11 heteroatoms. The van der Waals surface area contributed by atoms with Gasteiger partial charge in [-0.25, -0.2) is 14.6 Å². The van der Waals surface area contributed by atoms with Gasteiger partial charge in [-0.15, -0.1) is 0 Å². The molecule has 3 N–H and O–H groups in total. The number of amides is 2. The first-order valence-electron chi connectivity index (χ1n) is 16.0. The van der Waals surface area contributed by atoms with Crippen molar-refractivity contribution < 1.29 is 33.8 Å². The second-order valence-corrected chi connectivity index (χ2v) is 13.2. The number of hydrogen-bond donors (Lipinski definition) is 3. The molecule has 46 heavy (non-hydrogen) atoms. The first-order chi connectivity index (χ1) is 22.1. The molecular formula is C35H45N3O7S. The van der Waals surface area contributed by atoms with Crippen LogP contribution in [0.1, 0.15) is 92.1 Å². The highest BCUT2D eigenvalue weighted by atomic mass is 32.2. The molecule has 0 saturated heterocycles. The molecule has 10 nitrogen and oxygen atoms in total. The molecule has 2 aromatic rings. The second-order valence-electron chi connectivity index (χ2n) is 12.2. The predicted octanol–water partition coefficient (Wildman–Crippen LogP) is 5.45. The van der Waals surface area contributed by atoms with Crippen LogP contribution in [0.25, 0.3) is 0 Å². The third-order valence-electron chi connectivity index (χ3n) is 8.92. The molecule has 0 aromatic heterocycles. The fraction of sp³-hybridized carbons (Fsp3) is 0.514. The van der Waals surface area contributed by atoms with Crippen LogP contribution in [-0.2, 0) is 19.1 Å². The fourth-order valence-corrected chi connectivity index (χ4v) is 6.57. The lowest BCUT2D eigenvalue weighted by atomic mass is 9.80. The number of hydrogen-bond acceptors (Lipinski definition) is 8. The summed E-state index contributed by atoms with van der Waals surface area (Å²) in [6.07, 6.45) is 10.8. The molecule has 2 fully saturated rings. The number of aliphatic carboxylic acids is 1. The van der Waals surface area contributed by atoms with E-state index in [0.717, 1.165) is 61.8 Å². The molecule has 1 aliphatic heterocycles. The lowest BCUT2D eigenvalue weighted by Gasteiger charge is -2.37. The van der Waals surface area contributed by atoms with E-state index in [9.17, 15) is 24.3 Å². The van der Waals surface area contributed by atoms with E-state index < -0.39 is 29.0 Å². The van der Waals surface area contributed by atoms with E-state index in [1.54, 1.807) is 19.2 Å². The Morgan fingerprint density at radius 1 is 0.957 bits per heavy atom. The number of aryl methyl sites for hydroxylation is 1. The van der Waals surface area contributed by atoms with Gasteiger partial charge < -0.3 is 25.2 Å². The number of benzene rings is 2. The van der Waals surface area contributed by atoms with E-state index in [1.165, 1.54) is 18.2 Å². The van der Waals surface area contributed by atoms with Crippen molar-refractivity contribution in [2.45, 2.75) is 94.7 Å². The molecule has 2 aromatic carbocycles. The van der Waals surface area contributed by atoms with E-state index in [1.807, 2.05) is 49.6 Å². The molecule has 248 valence electrons. The molecular weight excluding hydrogens is 606 g/mol. The van der Waals surface area contributed by atoms with Crippen LogP contribution in [0.2, 0.25) is 0 Å². The molecule has 1 atom stereocenters. The van der Waals surface area contributed by atoms with Crippen LogP contribution in [0.15, 0.2) is 53.5 Å². The van der Waals surface area contributed by atoms with Gasteiger partial charge in [0.1, 0.15) is 17.3 Å². The van der Waals surface area contributed by atoms with Gasteiger partial charge >= 0.3 is 11.9 Å². The normalized spacial score (nSPS) is 18.7. The van der Waals surface area contributed by atoms with E-state index in [2.05, 4.69) is 15.6 Å². The highest BCUT2D eigenvalue weighted by Gasteiger charge is 2.46. The monoisotopic (exact) mass is 651 g/mol.